The Bertz CT molecular complexity index is 351. The largest absolute Gasteiger partial charge is 0.481 e. The van der Waals surface area contributed by atoms with Crippen LogP contribution < -0.4 is 0 Å². The maximum atomic E-state index is 12.4. The lowest BCUT2D eigenvalue weighted by molar-refractivity contribution is -0.152. The lowest BCUT2D eigenvalue weighted by Crippen LogP contribution is -2.42. The molecule has 0 aromatic carbocycles. The second-order valence-corrected chi connectivity index (χ2v) is 5.86. The van der Waals surface area contributed by atoms with Gasteiger partial charge in [0, 0.05) is 26.1 Å². The number of rotatable bonds is 4. The number of aliphatic carboxylic acids is 1. The first-order chi connectivity index (χ1) is 9.09. The van der Waals surface area contributed by atoms with E-state index in [2.05, 4.69) is 0 Å². The number of carboxylic acid groups (broad SMARTS) is 1. The predicted molar refractivity (Wildman–Crippen MR) is 69.7 cm³/mol. The van der Waals surface area contributed by atoms with Crippen LogP contribution in [0.1, 0.15) is 38.5 Å². The topological polar surface area (TPSA) is 66.8 Å². The van der Waals surface area contributed by atoms with Crippen LogP contribution in [0, 0.1) is 11.3 Å². The summed E-state index contributed by atoms with van der Waals surface area (Å²) in [6, 6.07) is 0. The van der Waals surface area contributed by atoms with Crippen molar-refractivity contribution < 1.29 is 19.4 Å². The Morgan fingerprint density at radius 1 is 1.32 bits per heavy atom. The van der Waals surface area contributed by atoms with E-state index in [-0.39, 0.29) is 18.4 Å². The number of methoxy groups -OCH3 is 1. The summed E-state index contributed by atoms with van der Waals surface area (Å²) in [5, 5.41) is 9.39. The Morgan fingerprint density at radius 3 is 2.58 bits per heavy atom. The maximum absolute atomic E-state index is 12.4. The molecule has 1 amide bonds. The summed E-state index contributed by atoms with van der Waals surface area (Å²) in [5.74, 6) is -0.590. The Morgan fingerprint density at radius 2 is 2.00 bits per heavy atom. The number of carboxylic acids is 1. The molecule has 1 saturated heterocycles. The number of hydrogen-bond acceptors (Lipinski definition) is 3. The zero-order valence-electron chi connectivity index (χ0n) is 11.6. The van der Waals surface area contributed by atoms with Gasteiger partial charge in [-0.1, -0.05) is 19.3 Å². The molecular weight excluding hydrogens is 246 g/mol. The van der Waals surface area contributed by atoms with Crippen molar-refractivity contribution in [2.45, 2.75) is 38.5 Å². The van der Waals surface area contributed by atoms with Crippen molar-refractivity contribution in [1.29, 1.82) is 0 Å². The van der Waals surface area contributed by atoms with Gasteiger partial charge in [-0.15, -0.1) is 0 Å². The number of carbonyl (C=O) groups excluding carboxylic acids is 1. The van der Waals surface area contributed by atoms with Gasteiger partial charge in [-0.2, -0.15) is 0 Å². The van der Waals surface area contributed by atoms with E-state index in [0.29, 0.717) is 19.5 Å². The van der Waals surface area contributed by atoms with Gasteiger partial charge in [0.25, 0.3) is 0 Å². The van der Waals surface area contributed by atoms with Crippen molar-refractivity contribution in [3.05, 3.63) is 0 Å². The molecule has 2 rings (SSSR count). The van der Waals surface area contributed by atoms with E-state index in [1.165, 1.54) is 13.5 Å². The molecule has 1 aliphatic carbocycles. The van der Waals surface area contributed by atoms with Gasteiger partial charge in [-0.25, -0.2) is 0 Å². The molecule has 0 aromatic heterocycles. The van der Waals surface area contributed by atoms with Crippen LogP contribution in [0.15, 0.2) is 0 Å². The molecule has 0 spiro atoms. The van der Waals surface area contributed by atoms with Gasteiger partial charge < -0.3 is 14.7 Å². The molecule has 0 aromatic rings. The van der Waals surface area contributed by atoms with Gasteiger partial charge >= 0.3 is 5.97 Å². The Labute approximate surface area is 113 Å². The smallest absolute Gasteiger partial charge is 0.313 e. The van der Waals surface area contributed by atoms with E-state index < -0.39 is 11.4 Å². The third-order valence-corrected chi connectivity index (χ3v) is 4.49. The molecule has 5 nitrogen and oxygen atoms in total. The van der Waals surface area contributed by atoms with Gasteiger partial charge in [-0.3, -0.25) is 9.59 Å². The molecule has 0 radical (unpaired) electrons. The molecule has 1 atom stereocenters. The van der Waals surface area contributed by atoms with Crippen molar-refractivity contribution in [2.24, 2.45) is 11.3 Å². The summed E-state index contributed by atoms with van der Waals surface area (Å²) in [5.41, 5.74) is -0.904. The molecule has 5 heteroatoms. The van der Waals surface area contributed by atoms with Gasteiger partial charge in [0.05, 0.1) is 6.61 Å². The minimum atomic E-state index is -0.904. The highest BCUT2D eigenvalue weighted by molar-refractivity contribution is 5.82. The molecule has 1 heterocycles. The van der Waals surface area contributed by atoms with Crippen LogP contribution in [0.25, 0.3) is 0 Å². The third-order valence-electron chi connectivity index (χ3n) is 4.49. The highest BCUT2D eigenvalue weighted by Gasteiger charge is 2.47. The van der Waals surface area contributed by atoms with Crippen molar-refractivity contribution >= 4 is 11.9 Å². The molecule has 1 N–H and O–H groups in total. The van der Waals surface area contributed by atoms with Gasteiger partial charge in [0.2, 0.25) is 5.91 Å². The van der Waals surface area contributed by atoms with Crippen LogP contribution in [0.4, 0.5) is 0 Å². The Kier molecular flexibility index (Phi) is 4.45. The lowest BCUT2D eigenvalue weighted by atomic mass is 9.87. The molecule has 108 valence electrons. The maximum Gasteiger partial charge on any atom is 0.313 e. The fourth-order valence-electron chi connectivity index (χ4n) is 3.30. The summed E-state index contributed by atoms with van der Waals surface area (Å²) >= 11 is 0. The second-order valence-electron chi connectivity index (χ2n) is 5.86. The summed E-state index contributed by atoms with van der Waals surface area (Å²) in [4.78, 5) is 25.6. The van der Waals surface area contributed by atoms with Crippen molar-refractivity contribution in [1.82, 2.24) is 4.90 Å². The number of hydrogen-bond donors (Lipinski definition) is 1. The number of amides is 1. The van der Waals surface area contributed by atoms with Gasteiger partial charge in [0.1, 0.15) is 5.41 Å². The van der Waals surface area contributed by atoms with E-state index in [9.17, 15) is 14.7 Å². The monoisotopic (exact) mass is 269 g/mol. The van der Waals surface area contributed by atoms with E-state index in [0.717, 1.165) is 25.7 Å². The number of nitrogens with zero attached hydrogens (tertiary/aromatic N) is 1. The van der Waals surface area contributed by atoms with E-state index >= 15 is 0 Å². The van der Waals surface area contributed by atoms with Crippen molar-refractivity contribution in [3.63, 3.8) is 0 Å². The standard InChI is InChI=1S/C14H23NO4/c1-19-10-14(13(17)18)7-8-15(9-14)12(16)11-5-3-2-4-6-11/h11H,2-10H2,1H3,(H,17,18). The summed E-state index contributed by atoms with van der Waals surface area (Å²) in [7, 11) is 1.51. The Balaban J connectivity index is 1.99. The number of likely N-dealkylation sites (tertiary alicyclic amines) is 1. The fourth-order valence-corrected chi connectivity index (χ4v) is 3.30. The van der Waals surface area contributed by atoms with Crippen LogP contribution in [0.5, 0.6) is 0 Å². The summed E-state index contributed by atoms with van der Waals surface area (Å²) in [6.07, 6.45) is 5.86. The zero-order chi connectivity index (χ0) is 13.9. The quantitative estimate of drug-likeness (QED) is 0.840. The lowest BCUT2D eigenvalue weighted by Gasteiger charge is -2.28. The van der Waals surface area contributed by atoms with Crippen LogP contribution in [0.3, 0.4) is 0 Å². The molecule has 1 aliphatic heterocycles. The fraction of sp³-hybridized carbons (Fsp3) is 0.857. The zero-order valence-corrected chi connectivity index (χ0v) is 11.6. The average Bonchev–Trinajstić information content (AvgIpc) is 2.85. The number of ether oxygens (including phenoxy) is 1. The molecule has 2 aliphatic rings. The third kappa shape index (κ3) is 2.91. The summed E-state index contributed by atoms with van der Waals surface area (Å²) in [6.45, 7) is 1.02. The molecule has 19 heavy (non-hydrogen) atoms. The molecule has 1 saturated carbocycles. The average molecular weight is 269 g/mol. The first-order valence-electron chi connectivity index (χ1n) is 7.10. The van der Waals surface area contributed by atoms with Crippen LogP contribution in [-0.4, -0.2) is 48.7 Å². The molecule has 2 fully saturated rings. The predicted octanol–water partition coefficient (Wildman–Crippen LogP) is 1.52. The molecular formula is C14H23NO4. The van der Waals surface area contributed by atoms with Crippen LogP contribution >= 0.6 is 0 Å². The molecule has 0 bridgehead atoms. The second kappa shape index (κ2) is 5.90. The molecule has 1 unspecified atom stereocenters. The van der Waals surface area contributed by atoms with Crippen molar-refractivity contribution in [2.75, 3.05) is 26.8 Å². The van der Waals surface area contributed by atoms with E-state index in [1.807, 2.05) is 0 Å². The highest BCUT2D eigenvalue weighted by atomic mass is 16.5. The minimum absolute atomic E-state index is 0.112. The van der Waals surface area contributed by atoms with Gasteiger partial charge in [-0.05, 0) is 19.3 Å². The minimum Gasteiger partial charge on any atom is -0.481 e. The first-order valence-corrected chi connectivity index (χ1v) is 7.10. The Hall–Kier alpha value is -1.10. The SMILES string of the molecule is COCC1(C(=O)O)CCN(C(=O)C2CCCCC2)C1. The summed E-state index contributed by atoms with van der Waals surface area (Å²) < 4.78 is 5.05. The van der Waals surface area contributed by atoms with Crippen LogP contribution in [0.2, 0.25) is 0 Å². The normalized spacial score (nSPS) is 28.6. The first kappa shape index (κ1) is 14.3. The highest BCUT2D eigenvalue weighted by Crippen LogP contribution is 2.34. The van der Waals surface area contributed by atoms with Crippen molar-refractivity contribution in [3.8, 4) is 0 Å². The van der Waals surface area contributed by atoms with Gasteiger partial charge in [0.15, 0.2) is 0 Å². The van der Waals surface area contributed by atoms with Crippen LogP contribution in [-0.2, 0) is 14.3 Å². The van der Waals surface area contributed by atoms with E-state index in [4.69, 9.17) is 4.74 Å². The number of carbonyl (C=O) groups is 2. The van der Waals surface area contributed by atoms with E-state index in [1.54, 1.807) is 4.90 Å².